The molecule has 4 atom stereocenters. The van der Waals surface area contributed by atoms with Gasteiger partial charge < -0.3 is 5.32 Å². The molecule has 26 heavy (non-hydrogen) atoms. The smallest absolute Gasteiger partial charge is 0.269 e. The van der Waals surface area contributed by atoms with Crippen molar-refractivity contribution in [3.63, 3.8) is 0 Å². The minimum Gasteiger partial charge on any atom is -0.354 e. The van der Waals surface area contributed by atoms with Gasteiger partial charge in [0.1, 0.15) is 6.54 Å². The average molecular weight is 357 g/mol. The molecular weight excluding hydrogens is 338 g/mol. The van der Waals surface area contributed by atoms with Crippen LogP contribution < -0.4 is 5.32 Å². The van der Waals surface area contributed by atoms with Crippen LogP contribution in [0.1, 0.15) is 18.4 Å². The number of carbonyl (C=O) groups is 3. The van der Waals surface area contributed by atoms with Gasteiger partial charge in [0.2, 0.25) is 17.7 Å². The van der Waals surface area contributed by atoms with Crippen LogP contribution >= 0.6 is 0 Å². The fourth-order valence-electron chi connectivity index (χ4n) is 4.46. The van der Waals surface area contributed by atoms with E-state index in [2.05, 4.69) is 5.32 Å². The van der Waals surface area contributed by atoms with E-state index in [4.69, 9.17) is 0 Å². The van der Waals surface area contributed by atoms with E-state index in [1.807, 2.05) is 0 Å². The molecule has 1 aliphatic heterocycles. The molecule has 3 fully saturated rings. The van der Waals surface area contributed by atoms with Crippen LogP contribution in [-0.4, -0.2) is 40.6 Å². The lowest BCUT2D eigenvalue weighted by Crippen LogP contribution is -2.54. The number of hydrogen-bond donors (Lipinski definition) is 1. The van der Waals surface area contributed by atoms with Gasteiger partial charge in [0, 0.05) is 18.7 Å². The molecule has 3 amide bonds. The van der Waals surface area contributed by atoms with Gasteiger partial charge in [-0.25, -0.2) is 0 Å². The van der Waals surface area contributed by atoms with E-state index in [9.17, 15) is 24.5 Å². The number of imide groups is 1. The summed E-state index contributed by atoms with van der Waals surface area (Å²) < 4.78 is 0. The lowest BCUT2D eigenvalue weighted by atomic mass is 9.48. The van der Waals surface area contributed by atoms with Crippen molar-refractivity contribution < 1.29 is 19.3 Å². The summed E-state index contributed by atoms with van der Waals surface area (Å²) in [7, 11) is 0. The molecular formula is C18H19N3O5. The first-order valence-corrected chi connectivity index (χ1v) is 8.82. The van der Waals surface area contributed by atoms with Crippen LogP contribution in [0.3, 0.4) is 0 Å². The number of non-ortho nitro benzene ring substituents is 1. The molecule has 0 bridgehead atoms. The Kier molecular flexibility index (Phi) is 3.97. The second kappa shape index (κ2) is 6.19. The highest BCUT2D eigenvalue weighted by atomic mass is 16.6. The van der Waals surface area contributed by atoms with Crippen molar-refractivity contribution >= 4 is 23.4 Å². The summed E-state index contributed by atoms with van der Waals surface area (Å²) in [6, 6.07) is 6.13. The van der Waals surface area contributed by atoms with Gasteiger partial charge in [0.15, 0.2) is 0 Å². The van der Waals surface area contributed by atoms with Crippen LogP contribution in [0.5, 0.6) is 0 Å². The molecule has 136 valence electrons. The number of nitro groups is 1. The van der Waals surface area contributed by atoms with Gasteiger partial charge in [-0.3, -0.25) is 29.4 Å². The van der Waals surface area contributed by atoms with Crippen molar-refractivity contribution in [2.24, 2.45) is 23.7 Å². The summed E-state index contributed by atoms with van der Waals surface area (Å²) in [5.74, 6) is -0.401. The van der Waals surface area contributed by atoms with Gasteiger partial charge in [0.25, 0.3) is 5.69 Å². The largest absolute Gasteiger partial charge is 0.354 e. The fourth-order valence-corrected chi connectivity index (χ4v) is 4.46. The molecule has 1 unspecified atom stereocenters. The molecule has 0 radical (unpaired) electrons. The summed E-state index contributed by atoms with van der Waals surface area (Å²) in [6.07, 6.45) is 2.54. The van der Waals surface area contributed by atoms with E-state index < -0.39 is 4.92 Å². The van der Waals surface area contributed by atoms with Gasteiger partial charge >= 0.3 is 0 Å². The van der Waals surface area contributed by atoms with Crippen LogP contribution in [0.4, 0.5) is 5.69 Å². The Morgan fingerprint density at radius 2 is 1.69 bits per heavy atom. The van der Waals surface area contributed by atoms with E-state index in [0.29, 0.717) is 24.8 Å². The highest BCUT2D eigenvalue weighted by Gasteiger charge is 2.67. The SMILES string of the molecule is O=C(CN1C(=O)[C@@H]2[C@H](C1=O)C1CC[C@@H]12)NCCc1ccc([N+](=O)[O-])cc1. The molecule has 1 saturated heterocycles. The van der Waals surface area contributed by atoms with Gasteiger partial charge in [-0.2, -0.15) is 0 Å². The number of likely N-dealkylation sites (tertiary alicyclic amines) is 1. The van der Waals surface area contributed by atoms with Gasteiger partial charge in [0.05, 0.1) is 16.8 Å². The predicted octanol–water partition coefficient (Wildman–Crippen LogP) is 0.895. The van der Waals surface area contributed by atoms with Gasteiger partial charge in [-0.15, -0.1) is 0 Å². The van der Waals surface area contributed by atoms with Crippen molar-refractivity contribution in [2.45, 2.75) is 19.3 Å². The molecule has 1 aromatic rings. The van der Waals surface area contributed by atoms with Crippen LogP contribution in [0.2, 0.25) is 0 Å². The number of carbonyl (C=O) groups excluding carboxylic acids is 3. The number of nitrogens with one attached hydrogen (secondary N) is 1. The monoisotopic (exact) mass is 357 g/mol. The summed E-state index contributed by atoms with van der Waals surface area (Å²) >= 11 is 0. The number of nitrogens with zero attached hydrogens (tertiary/aromatic N) is 2. The number of fused-ring (bicyclic) bond motifs is 4. The van der Waals surface area contributed by atoms with E-state index in [-0.39, 0.29) is 41.8 Å². The summed E-state index contributed by atoms with van der Waals surface area (Å²) in [5.41, 5.74) is 0.881. The molecule has 0 aromatic heterocycles. The minimum absolute atomic E-state index is 0.0208. The quantitative estimate of drug-likeness (QED) is 0.462. The summed E-state index contributed by atoms with van der Waals surface area (Å²) in [5, 5.41) is 13.3. The first kappa shape index (κ1) is 16.7. The molecule has 8 nitrogen and oxygen atoms in total. The third kappa shape index (κ3) is 2.56. The van der Waals surface area contributed by atoms with Crippen molar-refractivity contribution in [2.75, 3.05) is 13.1 Å². The Labute approximate surface area is 149 Å². The molecule has 2 saturated carbocycles. The summed E-state index contributed by atoms with van der Waals surface area (Å²) in [6.45, 7) is 0.120. The van der Waals surface area contributed by atoms with E-state index in [1.165, 1.54) is 12.1 Å². The number of rotatable bonds is 6. The fraction of sp³-hybridized carbons (Fsp3) is 0.500. The van der Waals surface area contributed by atoms with Crippen molar-refractivity contribution in [1.82, 2.24) is 10.2 Å². The van der Waals surface area contributed by atoms with Crippen LogP contribution in [0.25, 0.3) is 0 Å². The van der Waals surface area contributed by atoms with Crippen LogP contribution in [-0.2, 0) is 20.8 Å². The third-order valence-electron chi connectivity index (χ3n) is 5.98. The Hall–Kier alpha value is -2.77. The van der Waals surface area contributed by atoms with Crippen LogP contribution in [0.15, 0.2) is 24.3 Å². The first-order valence-electron chi connectivity index (χ1n) is 8.82. The maximum atomic E-state index is 12.4. The first-order chi connectivity index (χ1) is 12.5. The standard InChI is InChI=1S/C18H19N3O5/c22-14(19-8-7-10-1-3-11(4-2-10)21(25)26)9-20-17(23)15-12-5-6-13(12)16(15)18(20)24/h1-4,12-13,15-16H,5-9H2,(H,19,22)/t12-,13?,15-,16+/m0/s1. The second-order valence-corrected chi connectivity index (χ2v) is 7.24. The van der Waals surface area contributed by atoms with E-state index >= 15 is 0 Å². The number of benzene rings is 1. The second-order valence-electron chi connectivity index (χ2n) is 7.24. The van der Waals surface area contributed by atoms with E-state index in [1.54, 1.807) is 12.1 Å². The zero-order chi connectivity index (χ0) is 18.4. The van der Waals surface area contributed by atoms with Gasteiger partial charge in [-0.05, 0) is 36.7 Å². The lowest BCUT2D eigenvalue weighted by Gasteiger charge is -2.53. The molecule has 8 heteroatoms. The Balaban J connectivity index is 1.26. The predicted molar refractivity (Wildman–Crippen MR) is 89.7 cm³/mol. The molecule has 4 rings (SSSR count). The Morgan fingerprint density at radius 1 is 1.12 bits per heavy atom. The summed E-state index contributed by atoms with van der Waals surface area (Å²) in [4.78, 5) is 48.1. The maximum absolute atomic E-state index is 12.4. The average Bonchev–Trinajstić information content (AvgIpc) is 2.78. The minimum atomic E-state index is -0.463. The van der Waals surface area contributed by atoms with Crippen molar-refractivity contribution in [1.29, 1.82) is 0 Å². The molecule has 1 aromatic carbocycles. The van der Waals surface area contributed by atoms with Crippen molar-refractivity contribution in [3.05, 3.63) is 39.9 Å². The zero-order valence-corrected chi connectivity index (χ0v) is 14.1. The molecule has 0 spiro atoms. The highest BCUT2D eigenvalue weighted by molar-refractivity contribution is 6.09. The maximum Gasteiger partial charge on any atom is 0.269 e. The zero-order valence-electron chi connectivity index (χ0n) is 14.1. The molecule has 1 N–H and O–H groups in total. The number of hydrogen-bond acceptors (Lipinski definition) is 5. The normalized spacial score (nSPS) is 28.7. The molecule has 1 heterocycles. The van der Waals surface area contributed by atoms with E-state index in [0.717, 1.165) is 23.3 Å². The third-order valence-corrected chi connectivity index (χ3v) is 5.98. The molecule has 2 aliphatic carbocycles. The highest BCUT2D eigenvalue weighted by Crippen LogP contribution is 2.61. The Bertz CT molecular complexity index is 763. The number of nitro benzene ring substituents is 1. The molecule has 3 aliphatic rings. The van der Waals surface area contributed by atoms with Crippen molar-refractivity contribution in [3.8, 4) is 0 Å². The topological polar surface area (TPSA) is 110 Å². The van der Waals surface area contributed by atoms with Crippen LogP contribution in [0, 0.1) is 33.8 Å². The van der Waals surface area contributed by atoms with Gasteiger partial charge in [-0.1, -0.05) is 12.1 Å². The Morgan fingerprint density at radius 3 is 2.19 bits per heavy atom. The lowest BCUT2D eigenvalue weighted by molar-refractivity contribution is -0.384. The number of amides is 3.